The molecule has 10 nitrogen and oxygen atoms in total. The van der Waals surface area contributed by atoms with Gasteiger partial charge in [-0.15, -0.1) is 0 Å². The number of carbonyl (C=O) groups is 2. The molecule has 0 saturated heterocycles. The Kier molecular flexibility index (Phi) is 4.86. The van der Waals surface area contributed by atoms with Crippen LogP contribution in [0.2, 0.25) is 0 Å². The van der Waals surface area contributed by atoms with Gasteiger partial charge in [0.1, 0.15) is 0 Å². The Hall–Kier alpha value is -3.30. The van der Waals surface area contributed by atoms with Gasteiger partial charge in [0.2, 0.25) is 12.4 Å². The molecule has 0 fully saturated rings. The summed E-state index contributed by atoms with van der Waals surface area (Å²) < 4.78 is 0.931. The molecule has 0 spiro atoms. The summed E-state index contributed by atoms with van der Waals surface area (Å²) in [6, 6.07) is 0. The number of hydrogen-bond acceptors (Lipinski definition) is 6. The van der Waals surface area contributed by atoms with Crippen LogP contribution in [-0.2, 0) is 0 Å². The fourth-order valence-corrected chi connectivity index (χ4v) is 1.01. The van der Waals surface area contributed by atoms with Crippen molar-refractivity contribution in [3.05, 3.63) is 59.0 Å². The lowest BCUT2D eigenvalue weighted by Crippen LogP contribution is -2.28. The van der Waals surface area contributed by atoms with E-state index in [1.54, 1.807) is 0 Å². The molecule has 0 atom stereocenters. The molecule has 4 N–H and O–H groups in total. The summed E-state index contributed by atoms with van der Waals surface area (Å²) in [5.74, 6) is -1.41. The van der Waals surface area contributed by atoms with Crippen LogP contribution in [0, 0.1) is 10.4 Å². The van der Waals surface area contributed by atoms with Crippen LogP contribution < -0.4 is 20.9 Å². The molecule has 104 valence electrons. The van der Waals surface area contributed by atoms with E-state index < -0.39 is 11.8 Å². The van der Waals surface area contributed by atoms with Crippen molar-refractivity contribution < 1.29 is 19.0 Å². The molecular weight excluding hydrogens is 268 g/mol. The normalized spacial score (nSPS) is 9.20. The number of aromatic nitrogens is 4. The molecule has 2 amide bonds. The van der Waals surface area contributed by atoms with Crippen molar-refractivity contribution in [2.45, 2.75) is 0 Å². The highest BCUT2D eigenvalue weighted by molar-refractivity contribution is 5.90. The van der Waals surface area contributed by atoms with Gasteiger partial charge >= 0.3 is 0 Å². The number of hydrogen-bond donors (Lipinski definition) is 2. The van der Waals surface area contributed by atoms with Gasteiger partial charge in [-0.3, -0.25) is 9.59 Å². The Morgan fingerprint density at radius 1 is 0.900 bits per heavy atom. The molecule has 0 bridgehead atoms. The zero-order chi connectivity index (χ0) is 15.1. The van der Waals surface area contributed by atoms with Gasteiger partial charge in [-0.05, 0) is 0 Å². The van der Waals surface area contributed by atoms with Crippen molar-refractivity contribution in [2.75, 3.05) is 0 Å². The quantitative estimate of drug-likeness (QED) is 0.459. The predicted octanol–water partition coefficient (Wildman–Crippen LogP) is -2.37. The number of primary amides is 2. The minimum Gasteiger partial charge on any atom is -0.619 e. The molecule has 0 aromatic carbocycles. The first-order valence-electron chi connectivity index (χ1n) is 5.09. The second-order valence-corrected chi connectivity index (χ2v) is 3.33. The van der Waals surface area contributed by atoms with Crippen molar-refractivity contribution >= 4 is 11.8 Å². The van der Waals surface area contributed by atoms with E-state index in [0.717, 1.165) is 12.4 Å². The molecular formula is C10H10N6O4. The number of nitrogens with zero attached hydrogens (tertiary/aromatic N) is 4. The topological polar surface area (TPSA) is 166 Å². The van der Waals surface area contributed by atoms with Crippen LogP contribution in [0.25, 0.3) is 0 Å². The first-order valence-corrected chi connectivity index (χ1v) is 5.09. The maximum atomic E-state index is 10.5. The van der Waals surface area contributed by atoms with Gasteiger partial charge in [0, 0.05) is 0 Å². The largest absolute Gasteiger partial charge is 0.619 e. The highest BCUT2D eigenvalue weighted by Gasteiger charge is 2.04. The number of amides is 2. The van der Waals surface area contributed by atoms with Gasteiger partial charge in [-0.2, -0.15) is 9.46 Å². The van der Waals surface area contributed by atoms with Crippen LogP contribution in [0.15, 0.2) is 37.2 Å². The van der Waals surface area contributed by atoms with Crippen LogP contribution in [0.1, 0.15) is 21.0 Å². The average molecular weight is 278 g/mol. The molecule has 2 rings (SSSR count). The van der Waals surface area contributed by atoms with E-state index in [1.165, 1.54) is 24.8 Å². The summed E-state index contributed by atoms with van der Waals surface area (Å²) in [6.07, 6.45) is 6.81. The highest BCUT2D eigenvalue weighted by atomic mass is 16.5. The van der Waals surface area contributed by atoms with E-state index in [2.05, 4.69) is 9.97 Å². The Morgan fingerprint density at radius 2 is 1.25 bits per heavy atom. The van der Waals surface area contributed by atoms with Gasteiger partial charge in [0.05, 0.1) is 12.4 Å². The first-order chi connectivity index (χ1) is 9.40. The van der Waals surface area contributed by atoms with E-state index in [1.807, 2.05) is 0 Å². The van der Waals surface area contributed by atoms with Crippen LogP contribution in [0.3, 0.4) is 0 Å². The lowest BCUT2D eigenvalue weighted by atomic mass is 10.4. The van der Waals surface area contributed by atoms with Crippen molar-refractivity contribution in [3.63, 3.8) is 0 Å². The minimum absolute atomic E-state index is 0.0301. The Morgan fingerprint density at radius 3 is 1.45 bits per heavy atom. The second-order valence-electron chi connectivity index (χ2n) is 3.33. The second kappa shape index (κ2) is 6.58. The maximum Gasteiger partial charge on any atom is 0.273 e. The Balaban J connectivity index is 0.000000200. The smallest absolute Gasteiger partial charge is 0.273 e. The molecule has 2 aromatic heterocycles. The lowest BCUT2D eigenvalue weighted by molar-refractivity contribution is -0.606. The van der Waals surface area contributed by atoms with Crippen LogP contribution >= 0.6 is 0 Å². The van der Waals surface area contributed by atoms with Gasteiger partial charge in [0.15, 0.2) is 23.8 Å². The summed E-state index contributed by atoms with van der Waals surface area (Å²) in [6.45, 7) is 0. The standard InChI is InChI=1S/2C5H5N3O2/c2*6-5(9)4-3-8(10)2-1-7-4/h2*1-3H,(H2,6,9). The van der Waals surface area contributed by atoms with E-state index >= 15 is 0 Å². The zero-order valence-corrected chi connectivity index (χ0v) is 10.0. The van der Waals surface area contributed by atoms with Crippen molar-refractivity contribution in [1.29, 1.82) is 0 Å². The minimum atomic E-state index is -0.704. The summed E-state index contributed by atoms with van der Waals surface area (Å²) in [5.41, 5.74) is 9.60. The van der Waals surface area contributed by atoms with Gasteiger partial charge in [-0.1, -0.05) is 0 Å². The number of nitrogens with two attached hydrogens (primary N) is 2. The zero-order valence-electron chi connectivity index (χ0n) is 10.0. The lowest BCUT2D eigenvalue weighted by Gasteiger charge is -1.94. The molecule has 0 aliphatic carbocycles. The van der Waals surface area contributed by atoms with Crippen molar-refractivity contribution in [2.24, 2.45) is 11.5 Å². The van der Waals surface area contributed by atoms with Crippen LogP contribution in [0.4, 0.5) is 0 Å². The van der Waals surface area contributed by atoms with E-state index in [-0.39, 0.29) is 11.4 Å². The summed E-state index contributed by atoms with van der Waals surface area (Å²) >= 11 is 0. The average Bonchev–Trinajstić information content (AvgIpc) is 2.39. The molecule has 0 aliphatic heterocycles. The molecule has 0 aliphatic rings. The number of rotatable bonds is 2. The SMILES string of the molecule is NC(=O)c1c[n+]([O-])ccn1.NC(=O)c1c[n+]([O-])ccn1. The fourth-order valence-electron chi connectivity index (χ4n) is 1.01. The summed E-state index contributed by atoms with van der Waals surface area (Å²) in [4.78, 5) is 27.8. The predicted molar refractivity (Wildman–Crippen MR) is 63.4 cm³/mol. The molecule has 10 heteroatoms. The van der Waals surface area contributed by atoms with Crippen LogP contribution in [0.5, 0.6) is 0 Å². The van der Waals surface area contributed by atoms with Crippen molar-refractivity contribution in [3.8, 4) is 0 Å². The van der Waals surface area contributed by atoms with Crippen molar-refractivity contribution in [1.82, 2.24) is 9.97 Å². The third kappa shape index (κ3) is 4.52. The number of carbonyl (C=O) groups excluding carboxylic acids is 2. The third-order valence-corrected chi connectivity index (χ3v) is 1.86. The Bertz CT molecular complexity index is 577. The summed E-state index contributed by atoms with van der Waals surface area (Å²) in [5, 5.41) is 20.9. The molecule has 2 heterocycles. The first kappa shape index (κ1) is 14.8. The maximum absolute atomic E-state index is 10.5. The summed E-state index contributed by atoms with van der Waals surface area (Å²) in [7, 11) is 0. The fraction of sp³-hybridized carbons (Fsp3) is 0. The van der Waals surface area contributed by atoms with Gasteiger partial charge in [0.25, 0.3) is 11.8 Å². The van der Waals surface area contributed by atoms with E-state index in [4.69, 9.17) is 11.5 Å². The van der Waals surface area contributed by atoms with Gasteiger partial charge in [-0.25, -0.2) is 9.97 Å². The monoisotopic (exact) mass is 278 g/mol. The molecule has 0 unspecified atom stereocenters. The van der Waals surface area contributed by atoms with E-state index in [0.29, 0.717) is 9.46 Å². The van der Waals surface area contributed by atoms with Crippen LogP contribution in [-0.4, -0.2) is 21.8 Å². The highest BCUT2D eigenvalue weighted by Crippen LogP contribution is 1.84. The Labute approximate surface area is 112 Å². The molecule has 0 radical (unpaired) electrons. The molecule has 20 heavy (non-hydrogen) atoms. The molecule has 2 aromatic rings. The van der Waals surface area contributed by atoms with Gasteiger partial charge < -0.3 is 21.9 Å². The third-order valence-electron chi connectivity index (χ3n) is 1.86. The van der Waals surface area contributed by atoms with E-state index in [9.17, 15) is 20.0 Å². The molecule has 0 saturated carbocycles.